The maximum absolute atomic E-state index is 13.1. The topological polar surface area (TPSA) is 34.1 Å². The molecule has 0 atom stereocenters. The quantitative estimate of drug-likeness (QED) is 0.729. The molecule has 0 N–H and O–H groups in total. The van der Waals surface area contributed by atoms with Gasteiger partial charge in [0.05, 0.1) is 5.25 Å². The molecule has 0 radical (unpaired) electrons. The molecule has 4 heteroatoms. The van der Waals surface area contributed by atoms with Crippen LogP contribution in [0.4, 0.5) is 4.39 Å². The fourth-order valence-electron chi connectivity index (χ4n) is 1.23. The zero-order valence-electron chi connectivity index (χ0n) is 6.90. The first kappa shape index (κ1) is 8.69. The lowest BCUT2D eigenvalue weighted by atomic mass is 10.3. The first-order valence-electron chi connectivity index (χ1n) is 4.11. The van der Waals surface area contributed by atoms with Gasteiger partial charge in [-0.2, -0.15) is 0 Å². The van der Waals surface area contributed by atoms with Gasteiger partial charge in [0.15, 0.2) is 9.84 Å². The van der Waals surface area contributed by atoms with Crippen LogP contribution < -0.4 is 0 Å². The summed E-state index contributed by atoms with van der Waals surface area (Å²) in [6, 6.07) is 5.53. The molecule has 2 rings (SSSR count). The van der Waals surface area contributed by atoms with Crippen molar-refractivity contribution >= 4 is 9.84 Å². The predicted molar refractivity (Wildman–Crippen MR) is 46.6 cm³/mol. The highest BCUT2D eigenvalue weighted by Gasteiger charge is 2.38. The van der Waals surface area contributed by atoms with E-state index in [2.05, 4.69) is 0 Å². The number of benzene rings is 1. The monoisotopic (exact) mass is 200 g/mol. The Morgan fingerprint density at radius 3 is 2.38 bits per heavy atom. The van der Waals surface area contributed by atoms with Crippen molar-refractivity contribution in [2.24, 2.45) is 0 Å². The lowest BCUT2D eigenvalue weighted by Gasteiger charge is -2.02. The summed E-state index contributed by atoms with van der Waals surface area (Å²) in [5.74, 6) is -0.644. The molecule has 1 aliphatic rings. The molecule has 0 bridgehead atoms. The predicted octanol–water partition coefficient (Wildman–Crippen LogP) is 1.76. The minimum atomic E-state index is -3.37. The lowest BCUT2D eigenvalue weighted by Crippen LogP contribution is -2.08. The van der Waals surface area contributed by atoms with E-state index in [4.69, 9.17) is 0 Å². The maximum Gasteiger partial charge on any atom is 0.184 e. The Morgan fingerprint density at radius 2 is 1.85 bits per heavy atom. The van der Waals surface area contributed by atoms with Gasteiger partial charge in [0, 0.05) is 0 Å². The van der Waals surface area contributed by atoms with Gasteiger partial charge in [-0.25, -0.2) is 12.8 Å². The average Bonchev–Trinajstić information content (AvgIpc) is 2.86. The van der Waals surface area contributed by atoms with Gasteiger partial charge in [-0.05, 0) is 25.0 Å². The van der Waals surface area contributed by atoms with E-state index in [9.17, 15) is 12.8 Å². The summed E-state index contributed by atoms with van der Waals surface area (Å²) >= 11 is 0. The standard InChI is InChI=1S/C9H9FO2S/c10-8-3-1-2-4-9(8)13(11,12)7-5-6-7/h1-4,7H,5-6H2. The minimum absolute atomic E-state index is 0.155. The molecule has 1 aliphatic carbocycles. The molecule has 1 fully saturated rings. The van der Waals surface area contributed by atoms with E-state index in [0.717, 1.165) is 0 Å². The largest absolute Gasteiger partial charge is 0.223 e. The SMILES string of the molecule is O=S(=O)(c1ccccc1F)C1CC1. The van der Waals surface area contributed by atoms with Crippen LogP contribution in [0.25, 0.3) is 0 Å². The minimum Gasteiger partial charge on any atom is -0.223 e. The van der Waals surface area contributed by atoms with Crippen LogP contribution in [-0.4, -0.2) is 13.7 Å². The molecule has 0 saturated heterocycles. The van der Waals surface area contributed by atoms with Gasteiger partial charge in [-0.1, -0.05) is 12.1 Å². The van der Waals surface area contributed by atoms with E-state index in [-0.39, 0.29) is 10.1 Å². The molecule has 0 unspecified atom stereocenters. The molecule has 0 heterocycles. The van der Waals surface area contributed by atoms with Gasteiger partial charge >= 0.3 is 0 Å². The van der Waals surface area contributed by atoms with Crippen LogP contribution in [0, 0.1) is 5.82 Å². The van der Waals surface area contributed by atoms with E-state index in [1.165, 1.54) is 18.2 Å². The molecule has 0 aromatic heterocycles. The second-order valence-corrected chi connectivity index (χ2v) is 5.37. The van der Waals surface area contributed by atoms with Crippen molar-refractivity contribution in [3.8, 4) is 0 Å². The Morgan fingerprint density at radius 1 is 1.23 bits per heavy atom. The summed E-state index contributed by atoms with van der Waals surface area (Å²) in [5.41, 5.74) is 0. The number of rotatable bonds is 2. The first-order chi connectivity index (χ1) is 6.12. The molecule has 13 heavy (non-hydrogen) atoms. The van der Waals surface area contributed by atoms with E-state index >= 15 is 0 Å². The van der Waals surface area contributed by atoms with Crippen molar-refractivity contribution in [3.63, 3.8) is 0 Å². The fraction of sp³-hybridized carbons (Fsp3) is 0.333. The Hall–Kier alpha value is -0.900. The van der Waals surface area contributed by atoms with Crippen molar-refractivity contribution < 1.29 is 12.8 Å². The van der Waals surface area contributed by atoms with Gasteiger partial charge in [-0.15, -0.1) is 0 Å². The first-order valence-corrected chi connectivity index (χ1v) is 5.65. The van der Waals surface area contributed by atoms with Gasteiger partial charge in [0.25, 0.3) is 0 Å². The van der Waals surface area contributed by atoms with Crippen LogP contribution in [0.1, 0.15) is 12.8 Å². The zero-order chi connectivity index (χ0) is 9.47. The van der Waals surface area contributed by atoms with E-state index in [1.54, 1.807) is 6.07 Å². The number of sulfone groups is 1. The molecule has 1 saturated carbocycles. The average molecular weight is 200 g/mol. The molecular weight excluding hydrogens is 191 g/mol. The smallest absolute Gasteiger partial charge is 0.184 e. The van der Waals surface area contributed by atoms with E-state index in [0.29, 0.717) is 12.8 Å². The molecule has 70 valence electrons. The maximum atomic E-state index is 13.1. The number of hydrogen-bond acceptors (Lipinski definition) is 2. The highest BCUT2D eigenvalue weighted by atomic mass is 32.2. The summed E-state index contributed by atoms with van der Waals surface area (Å²) in [4.78, 5) is -0.155. The van der Waals surface area contributed by atoms with Gasteiger partial charge in [-0.3, -0.25) is 0 Å². The molecule has 0 aliphatic heterocycles. The zero-order valence-corrected chi connectivity index (χ0v) is 7.72. The fourth-order valence-corrected chi connectivity index (χ4v) is 2.96. The van der Waals surface area contributed by atoms with E-state index in [1.807, 2.05) is 0 Å². The Kier molecular flexibility index (Phi) is 1.87. The normalized spacial score (nSPS) is 17.3. The van der Waals surface area contributed by atoms with Crippen LogP contribution in [-0.2, 0) is 9.84 Å². The summed E-state index contributed by atoms with van der Waals surface area (Å²) < 4.78 is 36.2. The Balaban J connectivity index is 2.51. The van der Waals surface area contributed by atoms with Gasteiger partial charge in [0.1, 0.15) is 10.7 Å². The third kappa shape index (κ3) is 1.46. The van der Waals surface area contributed by atoms with Gasteiger partial charge < -0.3 is 0 Å². The second kappa shape index (κ2) is 2.80. The van der Waals surface area contributed by atoms with Crippen molar-refractivity contribution in [3.05, 3.63) is 30.1 Å². The van der Waals surface area contributed by atoms with Crippen molar-refractivity contribution in [1.82, 2.24) is 0 Å². The Labute approximate surface area is 76.3 Å². The second-order valence-electron chi connectivity index (χ2n) is 3.17. The van der Waals surface area contributed by atoms with Gasteiger partial charge in [0.2, 0.25) is 0 Å². The van der Waals surface area contributed by atoms with Crippen LogP contribution in [0.2, 0.25) is 0 Å². The molecular formula is C9H9FO2S. The van der Waals surface area contributed by atoms with E-state index < -0.39 is 15.7 Å². The van der Waals surface area contributed by atoms with Crippen molar-refractivity contribution in [1.29, 1.82) is 0 Å². The molecule has 0 spiro atoms. The number of hydrogen-bond donors (Lipinski definition) is 0. The summed E-state index contributed by atoms with van der Waals surface area (Å²) in [6.07, 6.45) is 1.33. The third-order valence-electron chi connectivity index (χ3n) is 2.11. The number of halogens is 1. The summed E-state index contributed by atoms with van der Waals surface area (Å²) in [7, 11) is -3.37. The van der Waals surface area contributed by atoms with Crippen LogP contribution in [0.15, 0.2) is 29.2 Å². The summed E-state index contributed by atoms with van der Waals surface area (Å²) in [5, 5.41) is -0.343. The molecule has 2 nitrogen and oxygen atoms in total. The highest BCUT2D eigenvalue weighted by Crippen LogP contribution is 2.34. The molecule has 0 amide bonds. The van der Waals surface area contributed by atoms with Crippen molar-refractivity contribution in [2.75, 3.05) is 0 Å². The lowest BCUT2D eigenvalue weighted by molar-refractivity contribution is 0.566. The highest BCUT2D eigenvalue weighted by molar-refractivity contribution is 7.92. The van der Waals surface area contributed by atoms with Crippen LogP contribution >= 0.6 is 0 Å². The van der Waals surface area contributed by atoms with Crippen LogP contribution in [0.3, 0.4) is 0 Å². The summed E-state index contributed by atoms with van der Waals surface area (Å²) in [6.45, 7) is 0. The Bertz CT molecular complexity index is 421. The molecule has 1 aromatic carbocycles. The van der Waals surface area contributed by atoms with Crippen molar-refractivity contribution in [2.45, 2.75) is 23.0 Å². The van der Waals surface area contributed by atoms with Crippen LogP contribution in [0.5, 0.6) is 0 Å². The third-order valence-corrected chi connectivity index (χ3v) is 4.40. The molecule has 1 aromatic rings.